The van der Waals surface area contributed by atoms with E-state index in [9.17, 15) is 0 Å². The monoisotopic (exact) mass is 258 g/mol. The van der Waals surface area contributed by atoms with Crippen molar-refractivity contribution in [3.8, 4) is 5.75 Å². The second-order valence-electron chi connectivity index (χ2n) is 5.01. The van der Waals surface area contributed by atoms with Crippen LogP contribution in [-0.4, -0.2) is 18.1 Å². The van der Waals surface area contributed by atoms with E-state index in [0.29, 0.717) is 0 Å². The van der Waals surface area contributed by atoms with E-state index in [1.54, 1.807) is 0 Å². The quantitative estimate of drug-likeness (QED) is 0.902. The van der Waals surface area contributed by atoms with Crippen LogP contribution in [0.2, 0.25) is 0 Å². The fourth-order valence-corrected chi connectivity index (χ4v) is 2.40. The molecule has 0 aliphatic heterocycles. The van der Waals surface area contributed by atoms with Crippen LogP contribution in [0.1, 0.15) is 32.0 Å². The zero-order chi connectivity index (χ0) is 14.0. The SMILES string of the molecule is CCc1nc2ccc(OC(C)C)cc2c(NC)c1C. The number of nitrogens with one attached hydrogen (secondary N) is 1. The molecule has 1 N–H and O–H groups in total. The van der Waals surface area contributed by atoms with Crippen LogP contribution in [0.15, 0.2) is 18.2 Å². The number of pyridine rings is 1. The van der Waals surface area contributed by atoms with Crippen molar-refractivity contribution in [1.82, 2.24) is 4.98 Å². The molecule has 0 unspecified atom stereocenters. The third-order valence-corrected chi connectivity index (χ3v) is 3.26. The number of benzene rings is 1. The fraction of sp³-hybridized carbons (Fsp3) is 0.438. The summed E-state index contributed by atoms with van der Waals surface area (Å²) in [6.07, 6.45) is 1.13. The number of ether oxygens (including phenoxy) is 1. The van der Waals surface area contributed by atoms with Crippen molar-refractivity contribution in [1.29, 1.82) is 0 Å². The molecular weight excluding hydrogens is 236 g/mol. The first-order valence-corrected chi connectivity index (χ1v) is 6.84. The number of aryl methyl sites for hydroxylation is 1. The van der Waals surface area contributed by atoms with Gasteiger partial charge in [0, 0.05) is 23.8 Å². The number of nitrogens with zero attached hydrogens (tertiary/aromatic N) is 1. The Morgan fingerprint density at radius 2 is 2.05 bits per heavy atom. The van der Waals surface area contributed by atoms with Crippen LogP contribution in [-0.2, 0) is 6.42 Å². The number of hydrogen-bond donors (Lipinski definition) is 1. The Morgan fingerprint density at radius 3 is 2.63 bits per heavy atom. The molecule has 2 rings (SSSR count). The number of hydrogen-bond acceptors (Lipinski definition) is 3. The van der Waals surface area contributed by atoms with Crippen LogP contribution < -0.4 is 10.1 Å². The first-order valence-electron chi connectivity index (χ1n) is 6.84. The molecule has 0 aliphatic carbocycles. The number of fused-ring (bicyclic) bond motifs is 1. The molecule has 102 valence electrons. The molecule has 1 heterocycles. The third-order valence-electron chi connectivity index (χ3n) is 3.26. The molecule has 0 radical (unpaired) electrons. The molecule has 0 bridgehead atoms. The van der Waals surface area contributed by atoms with Gasteiger partial charge in [0.05, 0.1) is 11.6 Å². The maximum atomic E-state index is 5.76. The molecule has 1 aromatic carbocycles. The van der Waals surface area contributed by atoms with Crippen molar-refractivity contribution >= 4 is 16.6 Å². The summed E-state index contributed by atoms with van der Waals surface area (Å²) in [6.45, 7) is 8.32. The summed E-state index contributed by atoms with van der Waals surface area (Å²) in [7, 11) is 1.96. The highest BCUT2D eigenvalue weighted by Crippen LogP contribution is 2.31. The summed E-state index contributed by atoms with van der Waals surface area (Å²) in [4.78, 5) is 4.73. The molecule has 0 amide bonds. The second kappa shape index (κ2) is 5.47. The van der Waals surface area contributed by atoms with Crippen LogP contribution >= 0.6 is 0 Å². The molecule has 0 atom stereocenters. The summed E-state index contributed by atoms with van der Waals surface area (Å²) in [6, 6.07) is 6.09. The molecule has 0 aliphatic rings. The van der Waals surface area contributed by atoms with E-state index in [1.807, 2.05) is 33.0 Å². The van der Waals surface area contributed by atoms with Crippen molar-refractivity contribution in [2.24, 2.45) is 0 Å². The molecule has 3 heteroatoms. The maximum absolute atomic E-state index is 5.76. The smallest absolute Gasteiger partial charge is 0.120 e. The molecule has 0 spiro atoms. The molecule has 1 aromatic heterocycles. The van der Waals surface area contributed by atoms with Gasteiger partial charge in [0.15, 0.2) is 0 Å². The van der Waals surface area contributed by atoms with Gasteiger partial charge in [-0.3, -0.25) is 4.98 Å². The Kier molecular flexibility index (Phi) is 3.93. The minimum Gasteiger partial charge on any atom is -0.491 e. The molecule has 0 saturated heterocycles. The number of anilines is 1. The Bertz CT molecular complexity index is 591. The van der Waals surface area contributed by atoms with Gasteiger partial charge in [-0.05, 0) is 51.0 Å². The standard InChI is InChI=1S/C16H22N2O/c1-6-14-11(4)16(17-5)13-9-12(19-10(2)3)7-8-15(13)18-14/h7-10H,6H2,1-5H3,(H,17,18). The van der Waals surface area contributed by atoms with Gasteiger partial charge in [-0.2, -0.15) is 0 Å². The summed E-state index contributed by atoms with van der Waals surface area (Å²) < 4.78 is 5.76. The van der Waals surface area contributed by atoms with Gasteiger partial charge in [0.2, 0.25) is 0 Å². The average molecular weight is 258 g/mol. The summed E-state index contributed by atoms with van der Waals surface area (Å²) in [5.41, 5.74) is 4.53. The lowest BCUT2D eigenvalue weighted by Crippen LogP contribution is -2.06. The molecule has 2 aromatic rings. The van der Waals surface area contributed by atoms with Crippen LogP contribution in [0.3, 0.4) is 0 Å². The predicted molar refractivity (Wildman–Crippen MR) is 81.2 cm³/mol. The molecular formula is C16H22N2O. The lowest BCUT2D eigenvalue weighted by Gasteiger charge is -2.15. The lowest BCUT2D eigenvalue weighted by molar-refractivity contribution is 0.243. The minimum atomic E-state index is 0.180. The van der Waals surface area contributed by atoms with Gasteiger partial charge < -0.3 is 10.1 Å². The van der Waals surface area contributed by atoms with Crippen molar-refractivity contribution < 1.29 is 4.74 Å². The number of rotatable bonds is 4. The van der Waals surface area contributed by atoms with E-state index in [0.717, 1.165) is 34.5 Å². The van der Waals surface area contributed by atoms with Gasteiger partial charge in [-0.25, -0.2) is 0 Å². The van der Waals surface area contributed by atoms with Crippen molar-refractivity contribution in [2.75, 3.05) is 12.4 Å². The topological polar surface area (TPSA) is 34.1 Å². The van der Waals surface area contributed by atoms with E-state index in [4.69, 9.17) is 9.72 Å². The minimum absolute atomic E-state index is 0.180. The molecule has 3 nitrogen and oxygen atoms in total. The van der Waals surface area contributed by atoms with E-state index in [-0.39, 0.29) is 6.10 Å². The number of aromatic nitrogens is 1. The predicted octanol–water partition coefficient (Wildman–Crippen LogP) is 3.93. The van der Waals surface area contributed by atoms with Crippen LogP contribution in [0.25, 0.3) is 10.9 Å². The Morgan fingerprint density at radius 1 is 1.32 bits per heavy atom. The Hall–Kier alpha value is -1.77. The molecule has 19 heavy (non-hydrogen) atoms. The normalized spacial score (nSPS) is 11.1. The van der Waals surface area contributed by atoms with Crippen LogP contribution in [0.5, 0.6) is 5.75 Å². The molecule has 0 saturated carbocycles. The maximum Gasteiger partial charge on any atom is 0.120 e. The van der Waals surface area contributed by atoms with E-state index in [1.165, 1.54) is 5.56 Å². The average Bonchev–Trinajstić information content (AvgIpc) is 2.37. The largest absolute Gasteiger partial charge is 0.491 e. The van der Waals surface area contributed by atoms with E-state index in [2.05, 4.69) is 25.2 Å². The first-order chi connectivity index (χ1) is 9.06. The highest BCUT2D eigenvalue weighted by Gasteiger charge is 2.11. The summed E-state index contributed by atoms with van der Waals surface area (Å²) >= 11 is 0. The fourth-order valence-electron chi connectivity index (χ4n) is 2.40. The highest BCUT2D eigenvalue weighted by molar-refractivity contribution is 5.94. The van der Waals surface area contributed by atoms with Crippen LogP contribution in [0, 0.1) is 6.92 Å². The van der Waals surface area contributed by atoms with E-state index >= 15 is 0 Å². The van der Waals surface area contributed by atoms with E-state index < -0.39 is 0 Å². The zero-order valence-corrected chi connectivity index (χ0v) is 12.4. The second-order valence-corrected chi connectivity index (χ2v) is 5.01. The third kappa shape index (κ3) is 2.65. The van der Waals surface area contributed by atoms with Crippen LogP contribution in [0.4, 0.5) is 5.69 Å². The first kappa shape index (κ1) is 13.7. The summed E-state index contributed by atoms with van der Waals surface area (Å²) in [5.74, 6) is 0.893. The van der Waals surface area contributed by atoms with Gasteiger partial charge in [0.25, 0.3) is 0 Å². The Labute approximate surface area is 115 Å². The van der Waals surface area contributed by atoms with Gasteiger partial charge in [-0.15, -0.1) is 0 Å². The van der Waals surface area contributed by atoms with Gasteiger partial charge in [-0.1, -0.05) is 6.92 Å². The lowest BCUT2D eigenvalue weighted by atomic mass is 10.1. The molecule has 0 fully saturated rings. The van der Waals surface area contributed by atoms with Crippen molar-refractivity contribution in [3.63, 3.8) is 0 Å². The van der Waals surface area contributed by atoms with Crippen molar-refractivity contribution in [3.05, 3.63) is 29.5 Å². The summed E-state index contributed by atoms with van der Waals surface area (Å²) in [5, 5.41) is 4.42. The highest BCUT2D eigenvalue weighted by atomic mass is 16.5. The van der Waals surface area contributed by atoms with Gasteiger partial charge >= 0.3 is 0 Å². The van der Waals surface area contributed by atoms with Gasteiger partial charge in [0.1, 0.15) is 5.75 Å². The zero-order valence-electron chi connectivity index (χ0n) is 12.4. The van der Waals surface area contributed by atoms with Crippen molar-refractivity contribution in [2.45, 2.75) is 40.2 Å². The Balaban J connectivity index is 2.63.